The van der Waals surface area contributed by atoms with Crippen molar-refractivity contribution in [2.24, 2.45) is 5.41 Å². The minimum atomic E-state index is 0.251. The first-order valence-corrected chi connectivity index (χ1v) is 20.1. The monoisotopic (exact) mass is 654 g/mol. The van der Waals surface area contributed by atoms with Gasteiger partial charge in [0.05, 0.1) is 0 Å². The van der Waals surface area contributed by atoms with Crippen LogP contribution in [0.15, 0.2) is 91.0 Å². The summed E-state index contributed by atoms with van der Waals surface area (Å²) >= 11 is 2.53. The maximum atomic E-state index is 2.53. The highest BCUT2D eigenvalue weighted by Gasteiger charge is 2.30. The van der Waals surface area contributed by atoms with Gasteiger partial charge < -0.3 is 0 Å². The maximum absolute atomic E-state index is 2.53. The van der Waals surface area contributed by atoms with Gasteiger partial charge in [0.25, 0.3) is 0 Å². The van der Waals surface area contributed by atoms with Crippen molar-refractivity contribution in [2.45, 2.75) is 109 Å². The van der Waals surface area contributed by atoms with Gasteiger partial charge in [-0.1, -0.05) is 196 Å². The smallest absolute Gasteiger partial charge is 0.0176 e. The van der Waals surface area contributed by atoms with E-state index in [2.05, 4.69) is 113 Å². The first-order valence-electron chi connectivity index (χ1n) is 15.7. The zero-order valence-electron chi connectivity index (χ0n) is 24.3. The van der Waals surface area contributed by atoms with Gasteiger partial charge in [-0.15, -0.1) is 0 Å². The predicted octanol–water partition coefficient (Wildman–Crippen LogP) is 12.2. The van der Waals surface area contributed by atoms with Crippen LogP contribution in [0.4, 0.5) is 0 Å². The zero-order chi connectivity index (χ0) is 27.3. The summed E-state index contributed by atoms with van der Waals surface area (Å²) in [5.41, 5.74) is 4.68. The van der Waals surface area contributed by atoms with Crippen LogP contribution in [0.1, 0.15) is 107 Å². The number of rotatable bonds is 22. The van der Waals surface area contributed by atoms with Crippen LogP contribution in [0.25, 0.3) is 0 Å². The van der Waals surface area contributed by atoms with Crippen LogP contribution in [0, 0.1) is 5.41 Å². The molecule has 0 N–H and O–H groups in total. The van der Waals surface area contributed by atoms with E-state index in [1.54, 1.807) is 0 Å². The number of benzene rings is 3. The van der Waals surface area contributed by atoms with Crippen LogP contribution in [-0.4, -0.2) is 6.16 Å². The Morgan fingerprint density at radius 2 is 0.718 bits per heavy atom. The lowest BCUT2D eigenvalue weighted by atomic mass is 9.69. The van der Waals surface area contributed by atoms with Crippen molar-refractivity contribution < 1.29 is 0 Å². The molecule has 2 heteroatoms. The second-order valence-corrected chi connectivity index (χ2v) is 14.8. The number of halogens is 1. The molecule has 0 aromatic heterocycles. The molecule has 3 rings (SSSR count). The van der Waals surface area contributed by atoms with Gasteiger partial charge in [0.15, 0.2) is 0 Å². The molecule has 0 aliphatic carbocycles. The summed E-state index contributed by atoms with van der Waals surface area (Å²) in [6.45, 7) is 0. The summed E-state index contributed by atoms with van der Waals surface area (Å²) in [5, 5.41) is 0. The molecule has 0 saturated heterocycles. The Balaban J connectivity index is 1.45. The van der Waals surface area contributed by atoms with E-state index in [0.29, 0.717) is 0 Å². The van der Waals surface area contributed by atoms with Crippen molar-refractivity contribution in [3.05, 3.63) is 108 Å². The maximum Gasteiger partial charge on any atom is -0.0176 e. The number of unbranched alkanes of at least 4 members (excludes halogenated alkanes) is 12. The Hall–Kier alpha value is -1.18. The second-order valence-electron chi connectivity index (χ2n) is 11.7. The lowest BCUT2D eigenvalue weighted by Crippen LogP contribution is -2.30. The van der Waals surface area contributed by atoms with E-state index in [4.69, 9.17) is 0 Å². The minimum absolute atomic E-state index is 0.251. The Labute approximate surface area is 255 Å². The molecular weight excluding hydrogens is 602 g/mol. The van der Waals surface area contributed by atoms with Crippen LogP contribution < -0.4 is 0 Å². The average Bonchev–Trinajstić information content (AvgIpc) is 2.97. The molecule has 0 aliphatic heterocycles. The highest BCUT2D eigenvalue weighted by molar-refractivity contribution is 14.2. The summed E-state index contributed by atoms with van der Waals surface area (Å²) in [6.07, 6.45) is 25.9. The highest BCUT2D eigenvalue weighted by Crippen LogP contribution is 2.37. The normalized spacial score (nSPS) is 11.9. The van der Waals surface area contributed by atoms with Gasteiger partial charge in [0, 0.05) is 0 Å². The lowest BCUT2D eigenvalue weighted by molar-refractivity contribution is 0.243. The summed E-state index contributed by atoms with van der Waals surface area (Å²) in [4.78, 5) is 0. The Morgan fingerprint density at radius 1 is 0.410 bits per heavy atom. The molecule has 0 saturated carbocycles. The molecule has 0 radical (unpaired) electrons. The lowest BCUT2D eigenvalue weighted by Gasteiger charge is -2.35. The van der Waals surface area contributed by atoms with Crippen molar-refractivity contribution in [1.82, 2.24) is 0 Å². The Morgan fingerprint density at radius 3 is 1.05 bits per heavy atom. The second kappa shape index (κ2) is 20.7. The van der Waals surface area contributed by atoms with Gasteiger partial charge in [-0.2, -0.15) is 0 Å². The first kappa shape index (κ1) is 32.3. The quantitative estimate of drug-likeness (QED) is 0.0575. The zero-order valence-corrected chi connectivity index (χ0v) is 27.4. The molecule has 39 heavy (non-hydrogen) atoms. The van der Waals surface area contributed by atoms with Gasteiger partial charge >= 0.3 is 0 Å². The third kappa shape index (κ3) is 14.3. The van der Waals surface area contributed by atoms with Gasteiger partial charge in [-0.25, -0.2) is 0 Å². The fourth-order valence-corrected chi connectivity index (χ4v) is 7.70. The Kier molecular flexibility index (Phi) is 17.1. The molecule has 1 atom stereocenters. The van der Waals surface area contributed by atoms with E-state index in [1.807, 2.05) is 0 Å². The summed E-state index contributed by atoms with van der Waals surface area (Å²) in [5.74, 6) is 0. The first-order chi connectivity index (χ1) is 19.3. The van der Waals surface area contributed by atoms with Crippen molar-refractivity contribution in [3.63, 3.8) is 0 Å². The van der Waals surface area contributed by atoms with Crippen LogP contribution >= 0.6 is 28.3 Å². The Bertz CT molecular complexity index is 855. The molecule has 0 fully saturated rings. The van der Waals surface area contributed by atoms with Crippen molar-refractivity contribution in [3.8, 4) is 0 Å². The van der Waals surface area contributed by atoms with E-state index in [0.717, 1.165) is 25.5 Å². The number of hydrogen-bond acceptors (Lipinski definition) is 0. The summed E-state index contributed by atoms with van der Waals surface area (Å²) in [7, 11) is 0. The largest absolute Gasteiger partial charge is 0.0622 e. The standard InChI is InChI=1S/C37H52IP/c38-39-30-22-11-9-7-5-3-1-2-4-6-8-10-21-29-37(31-34-23-15-12-16-24-34,32-35-25-17-13-18-26-35)33-36-27-19-14-20-28-36/h12-20,23-28,39H,1-11,21-22,29-33H2. The minimum Gasteiger partial charge on any atom is -0.0622 e. The van der Waals surface area contributed by atoms with Crippen LogP contribution in [0.3, 0.4) is 0 Å². The van der Waals surface area contributed by atoms with Gasteiger partial charge in [0.1, 0.15) is 0 Å². The molecule has 3 aromatic rings. The fourth-order valence-electron chi connectivity index (χ4n) is 6.18. The molecule has 0 bridgehead atoms. The molecule has 1 unspecified atom stereocenters. The van der Waals surface area contributed by atoms with Crippen molar-refractivity contribution >= 4 is 28.3 Å². The fraction of sp³-hybridized carbons (Fsp3) is 0.514. The molecule has 0 spiro atoms. The SMILES string of the molecule is IPCCCCCCCCCCCCCCCC(Cc1ccccc1)(Cc1ccccc1)Cc1ccccc1. The molecule has 0 heterocycles. The molecule has 212 valence electrons. The van der Waals surface area contributed by atoms with E-state index in [-0.39, 0.29) is 5.41 Å². The molecule has 0 amide bonds. The van der Waals surface area contributed by atoms with E-state index in [1.165, 1.54) is 113 Å². The average molecular weight is 655 g/mol. The van der Waals surface area contributed by atoms with E-state index >= 15 is 0 Å². The highest BCUT2D eigenvalue weighted by atomic mass is 127. The summed E-state index contributed by atoms with van der Waals surface area (Å²) in [6, 6.07) is 33.7. The molecular formula is C37H52IP. The topological polar surface area (TPSA) is 0 Å². The third-order valence-electron chi connectivity index (χ3n) is 8.24. The van der Waals surface area contributed by atoms with Crippen molar-refractivity contribution in [2.75, 3.05) is 6.16 Å². The predicted molar refractivity (Wildman–Crippen MR) is 185 cm³/mol. The van der Waals surface area contributed by atoms with Gasteiger partial charge in [-0.05, 0) is 60.4 Å². The third-order valence-corrected chi connectivity index (χ3v) is 10.4. The molecule has 0 aliphatic rings. The molecule has 0 nitrogen and oxygen atoms in total. The van der Waals surface area contributed by atoms with Gasteiger partial charge in [0.2, 0.25) is 0 Å². The van der Waals surface area contributed by atoms with Crippen LogP contribution in [-0.2, 0) is 19.3 Å². The number of hydrogen-bond donors (Lipinski definition) is 0. The van der Waals surface area contributed by atoms with Crippen molar-refractivity contribution in [1.29, 1.82) is 0 Å². The van der Waals surface area contributed by atoms with E-state index in [9.17, 15) is 0 Å². The molecule has 3 aromatic carbocycles. The van der Waals surface area contributed by atoms with Crippen LogP contribution in [0.2, 0.25) is 0 Å². The van der Waals surface area contributed by atoms with Gasteiger partial charge in [-0.3, -0.25) is 0 Å². The van der Waals surface area contributed by atoms with E-state index < -0.39 is 0 Å². The van der Waals surface area contributed by atoms with Crippen LogP contribution in [0.5, 0.6) is 0 Å². The summed E-state index contributed by atoms with van der Waals surface area (Å²) < 4.78 is 0.